The molecule has 0 fully saturated rings. The molecule has 0 bridgehead atoms. The van der Waals surface area contributed by atoms with Gasteiger partial charge in [0, 0.05) is 29.6 Å². The van der Waals surface area contributed by atoms with Crippen molar-refractivity contribution in [3.05, 3.63) is 46.6 Å². The molecule has 2 aliphatic rings. The predicted molar refractivity (Wildman–Crippen MR) is 116 cm³/mol. The number of hydrogen-bond acceptors (Lipinski definition) is 6. The van der Waals surface area contributed by atoms with Gasteiger partial charge in [0.15, 0.2) is 17.3 Å². The van der Waals surface area contributed by atoms with Crippen molar-refractivity contribution in [2.75, 3.05) is 25.6 Å². The van der Waals surface area contributed by atoms with Crippen LogP contribution in [-0.4, -0.2) is 31.1 Å². The molecule has 5 rings (SSSR count). The molecule has 0 saturated carbocycles. The highest BCUT2D eigenvalue weighted by atomic mass is 16.6. The number of hydrogen-bond donors (Lipinski definition) is 1. The Morgan fingerprint density at radius 3 is 2.57 bits per heavy atom. The first-order valence-corrected chi connectivity index (χ1v) is 10.3. The monoisotopic (exact) mass is 404 g/mol. The highest BCUT2D eigenvalue weighted by molar-refractivity contribution is 6.11. The molecule has 0 amide bonds. The van der Waals surface area contributed by atoms with Crippen molar-refractivity contribution in [1.29, 1.82) is 0 Å². The Bertz CT molecular complexity index is 1190. The molecule has 1 aromatic heterocycles. The van der Waals surface area contributed by atoms with E-state index in [0.29, 0.717) is 36.7 Å². The van der Waals surface area contributed by atoms with Crippen molar-refractivity contribution >= 4 is 28.1 Å². The number of aromatic nitrogens is 1. The summed E-state index contributed by atoms with van der Waals surface area (Å²) in [5.41, 5.74) is 6.19. The lowest BCUT2D eigenvalue weighted by Gasteiger charge is -2.24. The quantitative estimate of drug-likeness (QED) is 0.670. The summed E-state index contributed by atoms with van der Waals surface area (Å²) in [5, 5.41) is 4.37. The van der Waals surface area contributed by atoms with Crippen LogP contribution in [0.4, 0.5) is 11.4 Å². The van der Waals surface area contributed by atoms with E-state index in [4.69, 9.17) is 19.2 Å². The number of Topliss-reactive ketones (excluding diaryl/α,β-unsaturated/α-hetero) is 1. The molecular formula is C24H24N2O4. The van der Waals surface area contributed by atoms with E-state index < -0.39 is 0 Å². The summed E-state index contributed by atoms with van der Waals surface area (Å²) < 4.78 is 17.1. The number of aryl methyl sites for hydroxylation is 2. The van der Waals surface area contributed by atoms with Gasteiger partial charge in [0.05, 0.1) is 29.6 Å². The molecule has 1 aliphatic heterocycles. The lowest BCUT2D eigenvalue weighted by molar-refractivity contribution is 0.0972. The number of nitrogens with one attached hydrogen (secondary N) is 1. The average molecular weight is 404 g/mol. The number of carbonyl (C=O) groups is 1. The third-order valence-electron chi connectivity index (χ3n) is 5.93. The molecule has 0 unspecified atom stereocenters. The number of nitrogens with zero attached hydrogens (tertiary/aromatic N) is 1. The molecule has 0 spiro atoms. The Morgan fingerprint density at radius 2 is 1.80 bits per heavy atom. The summed E-state index contributed by atoms with van der Waals surface area (Å²) in [7, 11) is 1.67. The SMILES string of the molecule is COc1cc(Nc2c3c(nc4cc5c(cc24)OCCO5)CCCC3=O)cc(C)c1C. The minimum Gasteiger partial charge on any atom is -0.496 e. The van der Waals surface area contributed by atoms with Gasteiger partial charge in [-0.15, -0.1) is 0 Å². The van der Waals surface area contributed by atoms with Crippen LogP contribution in [0.15, 0.2) is 24.3 Å². The van der Waals surface area contributed by atoms with Crippen molar-refractivity contribution in [2.24, 2.45) is 0 Å². The molecule has 6 nitrogen and oxygen atoms in total. The van der Waals surface area contributed by atoms with Crippen LogP contribution < -0.4 is 19.5 Å². The number of pyridine rings is 1. The molecule has 6 heteroatoms. The topological polar surface area (TPSA) is 69.7 Å². The standard InChI is InChI=1S/C24H24N2O4/c1-13-9-15(10-20(28-3)14(13)2)25-24-16-11-21-22(30-8-7-29-21)12-18(16)26-17-5-4-6-19(27)23(17)24/h9-12H,4-8H2,1-3H3,(H,25,26). The number of benzene rings is 2. The molecule has 2 aromatic carbocycles. The highest BCUT2D eigenvalue weighted by Gasteiger charge is 2.26. The number of ketones is 1. The number of fused-ring (bicyclic) bond motifs is 3. The van der Waals surface area contributed by atoms with Crippen molar-refractivity contribution in [2.45, 2.75) is 33.1 Å². The molecule has 0 saturated heterocycles. The van der Waals surface area contributed by atoms with E-state index in [0.717, 1.165) is 57.7 Å². The fourth-order valence-electron chi connectivity index (χ4n) is 4.26. The van der Waals surface area contributed by atoms with Gasteiger partial charge in [-0.3, -0.25) is 9.78 Å². The van der Waals surface area contributed by atoms with E-state index in [1.54, 1.807) is 7.11 Å². The number of rotatable bonds is 3. The van der Waals surface area contributed by atoms with Crippen molar-refractivity contribution in [3.63, 3.8) is 0 Å². The molecule has 30 heavy (non-hydrogen) atoms. The number of ether oxygens (including phenoxy) is 3. The van der Waals surface area contributed by atoms with Crippen LogP contribution in [0.1, 0.15) is 40.0 Å². The third kappa shape index (κ3) is 3.03. The largest absolute Gasteiger partial charge is 0.496 e. The van der Waals surface area contributed by atoms with Crippen LogP contribution in [0, 0.1) is 13.8 Å². The van der Waals surface area contributed by atoms with Crippen LogP contribution in [0.25, 0.3) is 10.9 Å². The first kappa shape index (κ1) is 18.7. The van der Waals surface area contributed by atoms with Crippen molar-refractivity contribution < 1.29 is 19.0 Å². The summed E-state index contributed by atoms with van der Waals surface area (Å²) in [5.74, 6) is 2.31. The maximum Gasteiger partial charge on any atom is 0.166 e. The van der Waals surface area contributed by atoms with E-state index in [9.17, 15) is 4.79 Å². The minimum atomic E-state index is 0.124. The molecule has 1 aliphatic carbocycles. The second-order valence-electron chi connectivity index (χ2n) is 7.84. The fraction of sp³-hybridized carbons (Fsp3) is 0.333. The van der Waals surface area contributed by atoms with Crippen LogP contribution in [0.5, 0.6) is 17.2 Å². The molecule has 2 heterocycles. The molecule has 1 N–H and O–H groups in total. The second-order valence-corrected chi connectivity index (χ2v) is 7.84. The van der Waals surface area contributed by atoms with Crippen LogP contribution >= 0.6 is 0 Å². The maximum absolute atomic E-state index is 12.9. The third-order valence-corrected chi connectivity index (χ3v) is 5.93. The Balaban J connectivity index is 1.74. The normalized spacial score (nSPS) is 15.1. The molecule has 0 radical (unpaired) electrons. The molecular weight excluding hydrogens is 380 g/mol. The van der Waals surface area contributed by atoms with Gasteiger partial charge in [-0.05, 0) is 49.9 Å². The van der Waals surface area contributed by atoms with Crippen molar-refractivity contribution in [1.82, 2.24) is 4.98 Å². The van der Waals surface area contributed by atoms with Gasteiger partial charge in [-0.25, -0.2) is 0 Å². The molecule has 0 atom stereocenters. The number of anilines is 2. The Morgan fingerprint density at radius 1 is 1.03 bits per heavy atom. The van der Waals surface area contributed by atoms with Crippen molar-refractivity contribution in [3.8, 4) is 17.2 Å². The van der Waals surface area contributed by atoms with Crippen LogP contribution in [0.2, 0.25) is 0 Å². The summed E-state index contributed by atoms with van der Waals surface area (Å²) >= 11 is 0. The lowest BCUT2D eigenvalue weighted by atomic mass is 9.91. The summed E-state index contributed by atoms with van der Waals surface area (Å²) in [6.45, 7) is 5.12. The Kier molecular flexibility index (Phi) is 4.50. The first-order chi connectivity index (χ1) is 14.5. The van der Waals surface area contributed by atoms with Gasteiger partial charge in [0.2, 0.25) is 0 Å². The average Bonchev–Trinajstić information content (AvgIpc) is 2.74. The van der Waals surface area contributed by atoms with Gasteiger partial charge in [-0.1, -0.05) is 0 Å². The zero-order chi connectivity index (χ0) is 20.8. The maximum atomic E-state index is 12.9. The smallest absolute Gasteiger partial charge is 0.166 e. The van der Waals surface area contributed by atoms with E-state index in [1.165, 1.54) is 0 Å². The van der Waals surface area contributed by atoms with Crippen LogP contribution in [0.3, 0.4) is 0 Å². The zero-order valence-electron chi connectivity index (χ0n) is 17.4. The van der Waals surface area contributed by atoms with Gasteiger partial charge in [0.1, 0.15) is 19.0 Å². The summed E-state index contributed by atoms with van der Waals surface area (Å²) in [6.07, 6.45) is 2.15. The van der Waals surface area contributed by atoms with Gasteiger partial charge < -0.3 is 19.5 Å². The van der Waals surface area contributed by atoms with E-state index in [1.807, 2.05) is 25.1 Å². The Labute approximate surface area is 175 Å². The fourth-order valence-corrected chi connectivity index (χ4v) is 4.26. The molecule has 3 aromatic rings. The van der Waals surface area contributed by atoms with Gasteiger partial charge in [-0.2, -0.15) is 0 Å². The van der Waals surface area contributed by atoms with Gasteiger partial charge in [0.25, 0.3) is 0 Å². The van der Waals surface area contributed by atoms with Gasteiger partial charge >= 0.3 is 0 Å². The first-order valence-electron chi connectivity index (χ1n) is 10.3. The zero-order valence-corrected chi connectivity index (χ0v) is 17.4. The number of methoxy groups -OCH3 is 1. The molecule has 154 valence electrons. The Hall–Kier alpha value is -3.28. The van der Waals surface area contributed by atoms with Crippen LogP contribution in [-0.2, 0) is 6.42 Å². The van der Waals surface area contributed by atoms with E-state index in [2.05, 4.69) is 18.3 Å². The summed E-state index contributed by atoms with van der Waals surface area (Å²) in [4.78, 5) is 17.7. The highest BCUT2D eigenvalue weighted by Crippen LogP contribution is 2.41. The van der Waals surface area contributed by atoms with E-state index in [-0.39, 0.29) is 5.78 Å². The lowest BCUT2D eigenvalue weighted by Crippen LogP contribution is -2.17. The predicted octanol–water partition coefficient (Wildman–Crippen LogP) is 4.89. The summed E-state index contributed by atoms with van der Waals surface area (Å²) in [6, 6.07) is 7.88. The number of carbonyl (C=O) groups excluding carboxylic acids is 1. The van der Waals surface area contributed by atoms with E-state index >= 15 is 0 Å². The minimum absolute atomic E-state index is 0.124. The second kappa shape index (κ2) is 7.20.